The number of hydrogen-bond donors (Lipinski definition) is 1. The van der Waals surface area contributed by atoms with Gasteiger partial charge in [0.2, 0.25) is 0 Å². The standard InChI is InChI=1S/C18H18ClNO6/c1-23-14-8-7-11(9-13(14)19)20-16(21)10-26-18(22)12-5-4-6-15(24-2)17(12)25-3/h4-9H,10H2,1-3H3,(H,20,21). The zero-order valence-electron chi connectivity index (χ0n) is 14.5. The Morgan fingerprint density at radius 1 is 1.00 bits per heavy atom. The highest BCUT2D eigenvalue weighted by Gasteiger charge is 2.18. The Balaban J connectivity index is 1.99. The average Bonchev–Trinajstić information content (AvgIpc) is 2.65. The summed E-state index contributed by atoms with van der Waals surface area (Å²) >= 11 is 6.00. The van der Waals surface area contributed by atoms with Crippen molar-refractivity contribution in [3.8, 4) is 17.2 Å². The molecule has 2 rings (SSSR count). The van der Waals surface area contributed by atoms with Gasteiger partial charge < -0.3 is 24.3 Å². The summed E-state index contributed by atoms with van der Waals surface area (Å²) in [5.74, 6) is -0.104. The fourth-order valence-electron chi connectivity index (χ4n) is 2.20. The summed E-state index contributed by atoms with van der Waals surface area (Å²) in [5, 5.41) is 2.93. The maximum atomic E-state index is 12.2. The number of methoxy groups -OCH3 is 3. The molecule has 0 aliphatic carbocycles. The summed E-state index contributed by atoms with van der Waals surface area (Å²) in [6, 6.07) is 9.56. The highest BCUT2D eigenvalue weighted by molar-refractivity contribution is 6.32. The van der Waals surface area contributed by atoms with Crippen molar-refractivity contribution in [3.05, 3.63) is 47.0 Å². The number of hydrogen-bond acceptors (Lipinski definition) is 6. The van der Waals surface area contributed by atoms with Crippen LogP contribution >= 0.6 is 11.6 Å². The number of halogens is 1. The average molecular weight is 380 g/mol. The van der Waals surface area contributed by atoms with Crippen molar-refractivity contribution < 1.29 is 28.5 Å². The molecule has 7 nitrogen and oxygen atoms in total. The maximum Gasteiger partial charge on any atom is 0.342 e. The third-order valence-corrected chi connectivity index (χ3v) is 3.69. The molecule has 0 atom stereocenters. The second-order valence-electron chi connectivity index (χ2n) is 5.01. The van der Waals surface area contributed by atoms with Gasteiger partial charge in [-0.2, -0.15) is 0 Å². The molecule has 1 N–H and O–H groups in total. The van der Waals surface area contributed by atoms with E-state index in [-0.39, 0.29) is 11.3 Å². The molecule has 0 radical (unpaired) electrons. The van der Waals surface area contributed by atoms with Gasteiger partial charge in [0.25, 0.3) is 5.91 Å². The van der Waals surface area contributed by atoms with E-state index in [1.165, 1.54) is 33.5 Å². The number of nitrogens with one attached hydrogen (secondary N) is 1. The summed E-state index contributed by atoms with van der Waals surface area (Å²) in [5.41, 5.74) is 0.614. The zero-order valence-corrected chi connectivity index (χ0v) is 15.3. The molecule has 0 saturated carbocycles. The van der Waals surface area contributed by atoms with Gasteiger partial charge in [-0.15, -0.1) is 0 Å². The summed E-state index contributed by atoms with van der Waals surface area (Å²) < 4.78 is 20.4. The third-order valence-electron chi connectivity index (χ3n) is 3.39. The number of carbonyl (C=O) groups excluding carboxylic acids is 2. The summed E-state index contributed by atoms with van der Waals surface area (Å²) in [7, 11) is 4.36. The van der Waals surface area contributed by atoms with Crippen LogP contribution in [-0.4, -0.2) is 39.8 Å². The first-order valence-corrected chi connectivity index (χ1v) is 7.89. The maximum absolute atomic E-state index is 12.2. The van der Waals surface area contributed by atoms with Gasteiger partial charge in [-0.25, -0.2) is 4.79 Å². The number of ether oxygens (including phenoxy) is 4. The topological polar surface area (TPSA) is 83.1 Å². The Labute approximate surface area is 155 Å². The van der Waals surface area contributed by atoms with E-state index in [0.29, 0.717) is 22.2 Å². The Morgan fingerprint density at radius 2 is 1.73 bits per heavy atom. The zero-order chi connectivity index (χ0) is 19.1. The van der Waals surface area contributed by atoms with Crippen LogP contribution in [0, 0.1) is 0 Å². The van der Waals surface area contributed by atoms with Crippen LogP contribution in [-0.2, 0) is 9.53 Å². The van der Waals surface area contributed by atoms with Crippen LogP contribution in [0.1, 0.15) is 10.4 Å². The quantitative estimate of drug-likeness (QED) is 0.744. The molecule has 0 bridgehead atoms. The van der Waals surface area contributed by atoms with Crippen LogP contribution in [0.3, 0.4) is 0 Å². The molecule has 0 saturated heterocycles. The van der Waals surface area contributed by atoms with Crippen molar-refractivity contribution in [2.24, 2.45) is 0 Å². The predicted molar refractivity (Wildman–Crippen MR) is 96.5 cm³/mol. The van der Waals surface area contributed by atoms with Crippen LogP contribution in [0.4, 0.5) is 5.69 Å². The van der Waals surface area contributed by atoms with E-state index < -0.39 is 18.5 Å². The van der Waals surface area contributed by atoms with E-state index in [0.717, 1.165) is 0 Å². The van der Waals surface area contributed by atoms with Gasteiger partial charge in [-0.1, -0.05) is 17.7 Å². The molecule has 1 amide bonds. The molecule has 2 aromatic rings. The van der Waals surface area contributed by atoms with Gasteiger partial charge in [0, 0.05) is 5.69 Å². The van der Waals surface area contributed by atoms with Crippen molar-refractivity contribution in [1.29, 1.82) is 0 Å². The van der Waals surface area contributed by atoms with E-state index in [4.69, 9.17) is 30.5 Å². The van der Waals surface area contributed by atoms with E-state index >= 15 is 0 Å². The molecule has 0 heterocycles. The molecule has 0 aliphatic heterocycles. The molecule has 0 spiro atoms. The molecule has 0 aromatic heterocycles. The second kappa shape index (κ2) is 8.96. The number of carbonyl (C=O) groups is 2. The molecule has 26 heavy (non-hydrogen) atoms. The summed E-state index contributed by atoms with van der Waals surface area (Å²) in [6.07, 6.45) is 0. The van der Waals surface area contributed by atoms with Gasteiger partial charge in [-0.3, -0.25) is 4.79 Å². The number of rotatable bonds is 7. The van der Waals surface area contributed by atoms with Crippen molar-refractivity contribution in [2.45, 2.75) is 0 Å². The van der Waals surface area contributed by atoms with Crippen molar-refractivity contribution >= 4 is 29.2 Å². The smallest absolute Gasteiger partial charge is 0.342 e. The minimum absolute atomic E-state index is 0.159. The van der Waals surface area contributed by atoms with E-state index in [1.54, 1.807) is 24.3 Å². The van der Waals surface area contributed by atoms with Crippen LogP contribution in [0.5, 0.6) is 17.2 Å². The van der Waals surface area contributed by atoms with Gasteiger partial charge >= 0.3 is 5.97 Å². The van der Waals surface area contributed by atoms with Crippen LogP contribution < -0.4 is 19.5 Å². The van der Waals surface area contributed by atoms with E-state index in [1.807, 2.05) is 0 Å². The van der Waals surface area contributed by atoms with Crippen LogP contribution in [0.25, 0.3) is 0 Å². The molecule has 0 aliphatic rings. The molecule has 0 unspecified atom stereocenters. The number of anilines is 1. The normalized spacial score (nSPS) is 10.0. The van der Waals surface area contributed by atoms with Gasteiger partial charge in [0.05, 0.1) is 26.4 Å². The first-order valence-electron chi connectivity index (χ1n) is 7.51. The van der Waals surface area contributed by atoms with E-state index in [2.05, 4.69) is 5.32 Å². The Morgan fingerprint density at radius 3 is 2.35 bits per heavy atom. The molecular formula is C18H18ClNO6. The number of para-hydroxylation sites is 1. The third kappa shape index (κ3) is 4.58. The molecule has 138 valence electrons. The highest BCUT2D eigenvalue weighted by atomic mass is 35.5. The number of amides is 1. The van der Waals surface area contributed by atoms with Crippen LogP contribution in [0.15, 0.2) is 36.4 Å². The summed E-state index contributed by atoms with van der Waals surface area (Å²) in [4.78, 5) is 24.2. The number of benzene rings is 2. The highest BCUT2D eigenvalue weighted by Crippen LogP contribution is 2.31. The fraction of sp³-hybridized carbons (Fsp3) is 0.222. The van der Waals surface area contributed by atoms with E-state index in [9.17, 15) is 9.59 Å². The Hall–Kier alpha value is -2.93. The van der Waals surface area contributed by atoms with Crippen LogP contribution in [0.2, 0.25) is 5.02 Å². The second-order valence-corrected chi connectivity index (χ2v) is 5.42. The van der Waals surface area contributed by atoms with Gasteiger partial charge in [-0.05, 0) is 30.3 Å². The molecular weight excluding hydrogens is 362 g/mol. The Bertz CT molecular complexity index is 808. The monoisotopic (exact) mass is 379 g/mol. The molecule has 0 fully saturated rings. The lowest BCUT2D eigenvalue weighted by Crippen LogP contribution is -2.21. The van der Waals surface area contributed by atoms with Gasteiger partial charge in [0.15, 0.2) is 18.1 Å². The lowest BCUT2D eigenvalue weighted by Gasteiger charge is -2.12. The lowest BCUT2D eigenvalue weighted by atomic mass is 10.2. The van der Waals surface area contributed by atoms with Crippen molar-refractivity contribution in [3.63, 3.8) is 0 Å². The number of esters is 1. The van der Waals surface area contributed by atoms with Gasteiger partial charge in [0.1, 0.15) is 11.3 Å². The molecule has 8 heteroatoms. The molecule has 2 aromatic carbocycles. The SMILES string of the molecule is COc1ccc(NC(=O)COC(=O)c2cccc(OC)c2OC)cc1Cl. The predicted octanol–water partition coefficient (Wildman–Crippen LogP) is 3.16. The van der Waals surface area contributed by atoms with Crippen molar-refractivity contribution in [2.75, 3.05) is 33.3 Å². The minimum atomic E-state index is -0.705. The van der Waals surface area contributed by atoms with Crippen molar-refractivity contribution in [1.82, 2.24) is 0 Å². The minimum Gasteiger partial charge on any atom is -0.495 e. The Kier molecular flexibility index (Phi) is 6.68. The lowest BCUT2D eigenvalue weighted by molar-refractivity contribution is -0.119. The first kappa shape index (κ1) is 19.4. The summed E-state index contributed by atoms with van der Waals surface area (Å²) in [6.45, 7) is -0.469. The largest absolute Gasteiger partial charge is 0.495 e. The first-order chi connectivity index (χ1) is 12.5. The fourth-order valence-corrected chi connectivity index (χ4v) is 2.46.